The molecule has 1 N–H and O–H groups in total. The Morgan fingerprint density at radius 2 is 2.06 bits per heavy atom. The van der Waals surface area contributed by atoms with Gasteiger partial charge in [-0.1, -0.05) is 11.6 Å². The molecule has 0 aliphatic heterocycles. The Labute approximate surface area is 114 Å². The second-order valence-corrected chi connectivity index (χ2v) is 5.44. The van der Waals surface area contributed by atoms with Crippen molar-refractivity contribution in [2.45, 2.75) is 27.7 Å². The highest BCUT2D eigenvalue weighted by Gasteiger charge is 2.19. The molecule has 0 amide bonds. The number of ether oxygens (including phenoxy) is 1. The molecule has 0 saturated heterocycles. The molecule has 0 spiro atoms. The van der Waals surface area contributed by atoms with Crippen molar-refractivity contribution < 1.29 is 4.74 Å². The smallest absolute Gasteiger partial charge is 0.142 e. The minimum absolute atomic E-state index is 0.436. The summed E-state index contributed by atoms with van der Waals surface area (Å²) in [5.41, 5.74) is 2.35. The molecule has 0 heterocycles. The Balaban J connectivity index is 3.09. The van der Waals surface area contributed by atoms with E-state index >= 15 is 0 Å². The van der Waals surface area contributed by atoms with Gasteiger partial charge in [0.05, 0.1) is 24.3 Å². The van der Waals surface area contributed by atoms with E-state index in [1.165, 1.54) is 0 Å². The lowest BCUT2D eigenvalue weighted by Gasteiger charge is -2.21. The number of rotatable bonds is 4. The third kappa shape index (κ3) is 3.08. The number of nitrogens with zero attached hydrogens (tertiary/aromatic N) is 1. The van der Waals surface area contributed by atoms with E-state index in [4.69, 9.17) is 21.6 Å². The molecule has 18 heavy (non-hydrogen) atoms. The predicted octanol–water partition coefficient (Wildman–Crippen LogP) is 3.93. The van der Waals surface area contributed by atoms with E-state index in [1.807, 2.05) is 33.8 Å². The van der Waals surface area contributed by atoms with Crippen LogP contribution >= 0.6 is 11.6 Å². The summed E-state index contributed by atoms with van der Waals surface area (Å²) in [4.78, 5) is 0. The van der Waals surface area contributed by atoms with Gasteiger partial charge in [-0.2, -0.15) is 5.26 Å². The van der Waals surface area contributed by atoms with Crippen molar-refractivity contribution >= 4 is 17.3 Å². The first-order valence-corrected chi connectivity index (χ1v) is 6.19. The molecule has 1 aromatic carbocycles. The molecule has 1 rings (SSSR count). The Morgan fingerprint density at radius 3 is 2.56 bits per heavy atom. The standard InChI is InChI=1S/C14H19ClN2O/c1-9-6-11(18-5)13(10(2)12(9)15)17-8-14(3,4)7-16/h6,17H,8H2,1-5H3. The molecule has 3 nitrogen and oxygen atoms in total. The zero-order valence-corrected chi connectivity index (χ0v) is 12.3. The molecular weight excluding hydrogens is 248 g/mol. The topological polar surface area (TPSA) is 45.0 Å². The fourth-order valence-corrected chi connectivity index (χ4v) is 1.80. The van der Waals surface area contributed by atoms with Crippen molar-refractivity contribution in [2.24, 2.45) is 5.41 Å². The fourth-order valence-electron chi connectivity index (χ4n) is 1.65. The third-order valence-corrected chi connectivity index (χ3v) is 3.46. The van der Waals surface area contributed by atoms with E-state index in [0.29, 0.717) is 6.54 Å². The predicted molar refractivity (Wildman–Crippen MR) is 75.4 cm³/mol. The Bertz CT molecular complexity index is 490. The first kappa shape index (κ1) is 14.7. The fraction of sp³-hybridized carbons (Fsp3) is 0.500. The summed E-state index contributed by atoms with van der Waals surface area (Å²) in [5, 5.41) is 13.0. The van der Waals surface area contributed by atoms with Crippen LogP contribution in [0.15, 0.2) is 6.07 Å². The third-order valence-electron chi connectivity index (χ3n) is 2.87. The van der Waals surface area contributed by atoms with Gasteiger partial charge < -0.3 is 10.1 Å². The van der Waals surface area contributed by atoms with Crippen LogP contribution < -0.4 is 10.1 Å². The molecule has 0 atom stereocenters. The molecule has 0 saturated carbocycles. The molecular formula is C14H19ClN2O. The van der Waals surface area contributed by atoms with Crippen molar-refractivity contribution in [1.82, 2.24) is 0 Å². The van der Waals surface area contributed by atoms with Crippen LogP contribution in [0, 0.1) is 30.6 Å². The average molecular weight is 267 g/mol. The quantitative estimate of drug-likeness (QED) is 0.898. The SMILES string of the molecule is COc1cc(C)c(Cl)c(C)c1NCC(C)(C)C#N. The first-order chi connectivity index (χ1) is 8.32. The number of hydrogen-bond acceptors (Lipinski definition) is 3. The van der Waals surface area contributed by atoms with E-state index in [0.717, 1.165) is 27.6 Å². The lowest BCUT2D eigenvalue weighted by Crippen LogP contribution is -2.21. The maximum atomic E-state index is 9.02. The van der Waals surface area contributed by atoms with Gasteiger partial charge in [0.2, 0.25) is 0 Å². The minimum Gasteiger partial charge on any atom is -0.495 e. The number of hydrogen-bond donors (Lipinski definition) is 1. The van der Waals surface area contributed by atoms with Gasteiger partial charge in [-0.25, -0.2) is 0 Å². The number of aryl methyl sites for hydroxylation is 1. The summed E-state index contributed by atoms with van der Waals surface area (Å²) in [5.74, 6) is 0.753. The number of nitriles is 1. The lowest BCUT2D eigenvalue weighted by molar-refractivity contribution is 0.415. The van der Waals surface area contributed by atoms with E-state index in [1.54, 1.807) is 7.11 Å². The molecule has 1 aromatic rings. The lowest BCUT2D eigenvalue weighted by atomic mass is 9.95. The second-order valence-electron chi connectivity index (χ2n) is 5.06. The van der Waals surface area contributed by atoms with Gasteiger partial charge in [0.15, 0.2) is 0 Å². The van der Waals surface area contributed by atoms with Crippen LogP contribution in [0.1, 0.15) is 25.0 Å². The zero-order chi connectivity index (χ0) is 13.9. The maximum Gasteiger partial charge on any atom is 0.142 e. The normalized spacial score (nSPS) is 10.9. The van der Waals surface area contributed by atoms with E-state index in [2.05, 4.69) is 11.4 Å². The molecule has 4 heteroatoms. The summed E-state index contributed by atoms with van der Waals surface area (Å²) < 4.78 is 5.36. The monoisotopic (exact) mass is 266 g/mol. The number of nitrogens with one attached hydrogen (secondary N) is 1. The van der Waals surface area contributed by atoms with Gasteiger partial charge in [-0.15, -0.1) is 0 Å². The van der Waals surface area contributed by atoms with Crippen LogP contribution in [0.5, 0.6) is 5.75 Å². The highest BCUT2D eigenvalue weighted by Crippen LogP contribution is 2.36. The van der Waals surface area contributed by atoms with Crippen molar-refractivity contribution in [3.8, 4) is 11.8 Å². The summed E-state index contributed by atoms with van der Waals surface area (Å²) in [7, 11) is 1.63. The minimum atomic E-state index is -0.436. The largest absolute Gasteiger partial charge is 0.495 e. The highest BCUT2D eigenvalue weighted by molar-refractivity contribution is 6.32. The number of halogens is 1. The van der Waals surface area contributed by atoms with Gasteiger partial charge >= 0.3 is 0 Å². The molecule has 0 bridgehead atoms. The molecule has 0 unspecified atom stereocenters. The molecule has 0 aromatic heterocycles. The van der Waals surface area contributed by atoms with Crippen molar-refractivity contribution in [3.63, 3.8) is 0 Å². The molecule has 98 valence electrons. The summed E-state index contributed by atoms with van der Waals surface area (Å²) in [6.07, 6.45) is 0. The molecule has 0 aliphatic rings. The van der Waals surface area contributed by atoms with Gasteiger partial charge in [0.1, 0.15) is 5.75 Å². The van der Waals surface area contributed by atoms with Crippen LogP contribution in [0.4, 0.5) is 5.69 Å². The van der Waals surface area contributed by atoms with Crippen molar-refractivity contribution in [3.05, 3.63) is 22.2 Å². The van der Waals surface area contributed by atoms with Gasteiger partial charge in [0, 0.05) is 11.6 Å². The summed E-state index contributed by atoms with van der Waals surface area (Å²) in [6, 6.07) is 4.16. The van der Waals surface area contributed by atoms with Crippen LogP contribution in [-0.2, 0) is 0 Å². The van der Waals surface area contributed by atoms with Gasteiger partial charge in [0.25, 0.3) is 0 Å². The number of benzene rings is 1. The molecule has 0 aliphatic carbocycles. The van der Waals surface area contributed by atoms with Crippen LogP contribution in [-0.4, -0.2) is 13.7 Å². The van der Waals surface area contributed by atoms with Crippen LogP contribution in [0.25, 0.3) is 0 Å². The second kappa shape index (κ2) is 5.49. The van der Waals surface area contributed by atoms with Crippen LogP contribution in [0.3, 0.4) is 0 Å². The summed E-state index contributed by atoms with van der Waals surface area (Å²) in [6.45, 7) is 8.20. The average Bonchev–Trinajstić information content (AvgIpc) is 2.34. The number of anilines is 1. The van der Waals surface area contributed by atoms with Crippen molar-refractivity contribution in [2.75, 3.05) is 19.0 Å². The maximum absolute atomic E-state index is 9.02. The van der Waals surface area contributed by atoms with Crippen LogP contribution in [0.2, 0.25) is 5.02 Å². The Kier molecular flexibility index (Phi) is 4.48. The van der Waals surface area contributed by atoms with Gasteiger partial charge in [-0.3, -0.25) is 0 Å². The van der Waals surface area contributed by atoms with E-state index < -0.39 is 5.41 Å². The van der Waals surface area contributed by atoms with E-state index in [9.17, 15) is 0 Å². The highest BCUT2D eigenvalue weighted by atomic mass is 35.5. The summed E-state index contributed by atoms with van der Waals surface area (Å²) >= 11 is 6.24. The molecule has 0 fully saturated rings. The van der Waals surface area contributed by atoms with Crippen molar-refractivity contribution in [1.29, 1.82) is 5.26 Å². The number of methoxy groups -OCH3 is 1. The first-order valence-electron chi connectivity index (χ1n) is 5.81. The Morgan fingerprint density at radius 1 is 1.44 bits per heavy atom. The zero-order valence-electron chi connectivity index (χ0n) is 11.5. The van der Waals surface area contributed by atoms with E-state index in [-0.39, 0.29) is 0 Å². The van der Waals surface area contributed by atoms with Gasteiger partial charge in [-0.05, 0) is 44.9 Å². The Hall–Kier alpha value is -1.40. The molecule has 0 radical (unpaired) electrons.